The highest BCUT2D eigenvalue weighted by molar-refractivity contribution is 5.74. The lowest BCUT2D eigenvalue weighted by Gasteiger charge is -2.31. The van der Waals surface area contributed by atoms with Crippen molar-refractivity contribution in [3.8, 4) is 0 Å². The van der Waals surface area contributed by atoms with E-state index in [0.717, 1.165) is 25.9 Å². The Labute approximate surface area is 132 Å². The molecule has 122 valence electrons. The van der Waals surface area contributed by atoms with Gasteiger partial charge in [0, 0.05) is 19.6 Å². The van der Waals surface area contributed by atoms with Crippen LogP contribution >= 0.6 is 0 Å². The minimum atomic E-state index is 0.0344. The number of hydrogen-bond acceptors (Lipinski definition) is 3. The molecule has 5 heteroatoms. The van der Waals surface area contributed by atoms with Crippen LogP contribution in [0.5, 0.6) is 0 Å². The van der Waals surface area contributed by atoms with Crippen molar-refractivity contribution < 1.29 is 14.3 Å². The normalized spacial score (nSPS) is 15.8. The average Bonchev–Trinajstić information content (AvgIpc) is 2.56. The van der Waals surface area contributed by atoms with E-state index in [0.29, 0.717) is 26.4 Å². The van der Waals surface area contributed by atoms with Crippen LogP contribution in [0, 0.1) is 0 Å². The van der Waals surface area contributed by atoms with Gasteiger partial charge in [0.15, 0.2) is 0 Å². The van der Waals surface area contributed by atoms with Gasteiger partial charge in [-0.05, 0) is 25.3 Å². The van der Waals surface area contributed by atoms with Gasteiger partial charge in [0.05, 0.1) is 25.9 Å². The van der Waals surface area contributed by atoms with Gasteiger partial charge < -0.3 is 19.7 Å². The summed E-state index contributed by atoms with van der Waals surface area (Å²) >= 11 is 0. The summed E-state index contributed by atoms with van der Waals surface area (Å²) in [6.07, 6.45) is 2.04. The number of hydrogen-bond donors (Lipinski definition) is 1. The van der Waals surface area contributed by atoms with Crippen LogP contribution in [0.4, 0.5) is 4.79 Å². The van der Waals surface area contributed by atoms with Gasteiger partial charge in [0.25, 0.3) is 0 Å². The van der Waals surface area contributed by atoms with E-state index in [1.165, 1.54) is 5.56 Å². The smallest absolute Gasteiger partial charge is 0.317 e. The summed E-state index contributed by atoms with van der Waals surface area (Å²) in [6.45, 7) is 5.98. The van der Waals surface area contributed by atoms with Gasteiger partial charge in [-0.3, -0.25) is 0 Å². The molecule has 1 aromatic carbocycles. The first-order valence-electron chi connectivity index (χ1n) is 8.05. The van der Waals surface area contributed by atoms with E-state index < -0.39 is 0 Å². The van der Waals surface area contributed by atoms with Crippen molar-refractivity contribution in [1.29, 1.82) is 0 Å². The molecular formula is C17H26N2O3. The zero-order valence-corrected chi connectivity index (χ0v) is 13.3. The lowest BCUT2D eigenvalue weighted by atomic mass is 10.1. The van der Waals surface area contributed by atoms with Crippen LogP contribution in [0.25, 0.3) is 0 Å². The molecule has 1 aliphatic heterocycles. The fraction of sp³-hybridized carbons (Fsp3) is 0.588. The molecule has 22 heavy (non-hydrogen) atoms. The Morgan fingerprint density at radius 1 is 1.23 bits per heavy atom. The quantitative estimate of drug-likeness (QED) is 0.787. The number of benzene rings is 1. The Morgan fingerprint density at radius 3 is 2.64 bits per heavy atom. The highest BCUT2D eigenvalue weighted by Crippen LogP contribution is 2.13. The Kier molecular flexibility index (Phi) is 7.19. The molecule has 0 aromatic heterocycles. The van der Waals surface area contributed by atoms with E-state index in [1.807, 2.05) is 30.0 Å². The lowest BCUT2D eigenvalue weighted by molar-refractivity contribution is -0.0207. The first-order valence-corrected chi connectivity index (χ1v) is 8.05. The summed E-state index contributed by atoms with van der Waals surface area (Å²) in [6, 6.07) is 10.2. The molecule has 2 rings (SSSR count). The van der Waals surface area contributed by atoms with Gasteiger partial charge in [-0.2, -0.15) is 0 Å². The van der Waals surface area contributed by atoms with Gasteiger partial charge in [-0.1, -0.05) is 30.3 Å². The molecule has 0 unspecified atom stereocenters. The maximum absolute atomic E-state index is 11.7. The molecule has 0 radical (unpaired) electrons. The summed E-state index contributed by atoms with van der Waals surface area (Å²) in [5, 5.41) is 2.83. The fourth-order valence-electron chi connectivity index (χ4n) is 2.53. The van der Waals surface area contributed by atoms with Crippen molar-refractivity contribution in [2.45, 2.75) is 32.5 Å². The standard InChI is InChI=1S/C17H26N2O3/c1-2-18-17(20)19-10-8-16(9-11-19)22-13-12-21-14-15-6-4-3-5-7-15/h3-7,16H,2,8-14H2,1H3,(H,18,20). The molecule has 0 saturated carbocycles. The summed E-state index contributed by atoms with van der Waals surface area (Å²) in [7, 11) is 0. The second kappa shape index (κ2) is 9.43. The van der Waals surface area contributed by atoms with Crippen LogP contribution in [-0.4, -0.2) is 49.9 Å². The van der Waals surface area contributed by atoms with Crippen LogP contribution in [-0.2, 0) is 16.1 Å². The van der Waals surface area contributed by atoms with Gasteiger partial charge in [-0.25, -0.2) is 4.79 Å². The third-order valence-electron chi connectivity index (χ3n) is 3.75. The molecule has 1 aliphatic rings. The molecule has 2 amide bonds. The predicted octanol–water partition coefficient (Wildman–Crippen LogP) is 2.41. The number of likely N-dealkylation sites (tertiary alicyclic amines) is 1. The molecule has 5 nitrogen and oxygen atoms in total. The van der Waals surface area contributed by atoms with Crippen LogP contribution in [0.1, 0.15) is 25.3 Å². The summed E-state index contributed by atoms with van der Waals surface area (Å²) < 4.78 is 11.4. The van der Waals surface area contributed by atoms with Crippen LogP contribution in [0.15, 0.2) is 30.3 Å². The maximum Gasteiger partial charge on any atom is 0.317 e. The molecule has 0 spiro atoms. The van der Waals surface area contributed by atoms with Gasteiger partial charge in [0.2, 0.25) is 0 Å². The number of urea groups is 1. The summed E-state index contributed by atoms with van der Waals surface area (Å²) in [4.78, 5) is 13.5. The van der Waals surface area contributed by atoms with Crippen molar-refractivity contribution in [3.05, 3.63) is 35.9 Å². The van der Waals surface area contributed by atoms with Gasteiger partial charge in [0.1, 0.15) is 0 Å². The number of rotatable bonds is 7. The van der Waals surface area contributed by atoms with E-state index in [1.54, 1.807) is 0 Å². The molecular weight excluding hydrogens is 280 g/mol. The Hall–Kier alpha value is -1.59. The number of carbonyl (C=O) groups is 1. The maximum atomic E-state index is 11.7. The van der Waals surface area contributed by atoms with E-state index in [9.17, 15) is 4.79 Å². The zero-order valence-electron chi connectivity index (χ0n) is 13.3. The van der Waals surface area contributed by atoms with Crippen molar-refractivity contribution >= 4 is 6.03 Å². The Morgan fingerprint density at radius 2 is 1.95 bits per heavy atom. The summed E-state index contributed by atoms with van der Waals surface area (Å²) in [5.41, 5.74) is 1.18. The number of ether oxygens (including phenoxy) is 2. The molecule has 1 fully saturated rings. The SMILES string of the molecule is CCNC(=O)N1CCC(OCCOCc2ccccc2)CC1. The molecule has 0 atom stereocenters. The van der Waals surface area contributed by atoms with Crippen LogP contribution in [0.2, 0.25) is 0 Å². The number of piperidine rings is 1. The average molecular weight is 306 g/mol. The molecule has 1 aromatic rings. The monoisotopic (exact) mass is 306 g/mol. The van der Waals surface area contributed by atoms with Crippen molar-refractivity contribution in [2.24, 2.45) is 0 Å². The highest BCUT2D eigenvalue weighted by Gasteiger charge is 2.22. The van der Waals surface area contributed by atoms with E-state index in [2.05, 4.69) is 17.4 Å². The van der Waals surface area contributed by atoms with Crippen molar-refractivity contribution in [3.63, 3.8) is 0 Å². The minimum Gasteiger partial charge on any atom is -0.376 e. The van der Waals surface area contributed by atoms with Crippen LogP contribution < -0.4 is 5.32 Å². The third-order valence-corrected chi connectivity index (χ3v) is 3.75. The minimum absolute atomic E-state index is 0.0344. The second-order valence-corrected chi connectivity index (χ2v) is 5.43. The molecule has 0 aliphatic carbocycles. The Balaban J connectivity index is 1.53. The van der Waals surface area contributed by atoms with E-state index in [4.69, 9.17) is 9.47 Å². The van der Waals surface area contributed by atoms with Crippen LogP contribution in [0.3, 0.4) is 0 Å². The molecule has 1 heterocycles. The predicted molar refractivity (Wildman–Crippen MR) is 85.7 cm³/mol. The van der Waals surface area contributed by atoms with E-state index in [-0.39, 0.29) is 12.1 Å². The second-order valence-electron chi connectivity index (χ2n) is 5.43. The first kappa shape index (κ1) is 16.8. The fourth-order valence-corrected chi connectivity index (χ4v) is 2.53. The van der Waals surface area contributed by atoms with Crippen molar-refractivity contribution in [1.82, 2.24) is 10.2 Å². The largest absolute Gasteiger partial charge is 0.376 e. The molecule has 1 saturated heterocycles. The molecule has 0 bridgehead atoms. The number of nitrogens with zero attached hydrogens (tertiary/aromatic N) is 1. The zero-order chi connectivity index (χ0) is 15.6. The highest BCUT2D eigenvalue weighted by atomic mass is 16.5. The first-order chi connectivity index (χ1) is 10.8. The topological polar surface area (TPSA) is 50.8 Å². The van der Waals surface area contributed by atoms with Crippen molar-refractivity contribution in [2.75, 3.05) is 32.8 Å². The summed E-state index contributed by atoms with van der Waals surface area (Å²) in [5.74, 6) is 0. The van der Waals surface area contributed by atoms with E-state index >= 15 is 0 Å². The number of nitrogens with one attached hydrogen (secondary N) is 1. The lowest BCUT2D eigenvalue weighted by Crippen LogP contribution is -2.46. The number of carbonyl (C=O) groups excluding carboxylic acids is 1. The molecule has 1 N–H and O–H groups in total. The third kappa shape index (κ3) is 5.66. The Bertz CT molecular complexity index is 431. The van der Waals surface area contributed by atoms with Gasteiger partial charge in [-0.15, -0.1) is 0 Å². The number of amides is 2. The van der Waals surface area contributed by atoms with Gasteiger partial charge >= 0.3 is 6.03 Å².